The summed E-state index contributed by atoms with van der Waals surface area (Å²) in [7, 11) is 1.46. The van der Waals surface area contributed by atoms with E-state index in [4.69, 9.17) is 0 Å². The molecular weight excluding hydrogens is 300 g/mol. The highest BCUT2D eigenvalue weighted by atomic mass is 79.9. The Balaban J connectivity index is 2.69. The molecule has 0 saturated carbocycles. The fourth-order valence-corrected chi connectivity index (χ4v) is 1.45. The maximum Gasteiger partial charge on any atom is 0.280 e. The van der Waals surface area contributed by atoms with Crippen LogP contribution in [0.3, 0.4) is 0 Å². The predicted octanol–water partition coefficient (Wildman–Crippen LogP) is 2.04. The summed E-state index contributed by atoms with van der Waals surface area (Å²) in [6.45, 7) is 0.341. The van der Waals surface area contributed by atoms with E-state index in [1.807, 2.05) is 5.48 Å². The Kier molecular flexibility index (Phi) is 5.46. The van der Waals surface area contributed by atoms with Gasteiger partial charge in [-0.1, -0.05) is 15.9 Å². The number of rotatable bonds is 5. The average molecular weight is 310 g/mol. The van der Waals surface area contributed by atoms with Crippen LogP contribution in [-0.2, 0) is 9.57 Å². The van der Waals surface area contributed by atoms with E-state index in [2.05, 4.69) is 25.5 Å². The van der Waals surface area contributed by atoms with Crippen LogP contribution in [0.1, 0.15) is 10.4 Å². The van der Waals surface area contributed by atoms with Gasteiger partial charge in [-0.25, -0.2) is 14.3 Å². The van der Waals surface area contributed by atoms with Crippen LogP contribution in [0.4, 0.5) is 8.78 Å². The molecule has 0 radical (unpaired) electrons. The van der Waals surface area contributed by atoms with Crippen LogP contribution in [0.25, 0.3) is 0 Å². The van der Waals surface area contributed by atoms with Crippen LogP contribution >= 0.6 is 15.9 Å². The molecule has 0 unspecified atom stereocenters. The second-order valence-corrected chi connectivity index (χ2v) is 3.93. The second-order valence-electron chi connectivity index (χ2n) is 3.02. The highest BCUT2D eigenvalue weighted by Crippen LogP contribution is 2.19. The zero-order valence-corrected chi connectivity index (χ0v) is 10.5. The van der Waals surface area contributed by atoms with Crippen molar-refractivity contribution in [2.75, 3.05) is 20.3 Å². The molecule has 7 heteroatoms. The molecule has 0 aliphatic rings. The minimum Gasteiger partial charge on any atom is -0.382 e. The SMILES string of the molecule is COCCONC(=O)c1c(F)cc(Br)cc1F. The number of carbonyl (C=O) groups excluding carboxylic acids is 1. The zero-order chi connectivity index (χ0) is 12.8. The lowest BCUT2D eigenvalue weighted by Crippen LogP contribution is -2.27. The van der Waals surface area contributed by atoms with E-state index in [1.54, 1.807) is 0 Å². The third kappa shape index (κ3) is 4.03. The molecule has 0 aliphatic carbocycles. The molecule has 0 bridgehead atoms. The Bertz CT molecular complexity index is 392. The van der Waals surface area contributed by atoms with Crippen LogP contribution in [0.5, 0.6) is 0 Å². The third-order valence-corrected chi connectivity index (χ3v) is 2.25. The first-order valence-corrected chi connectivity index (χ1v) is 5.41. The molecule has 0 spiro atoms. The summed E-state index contributed by atoms with van der Waals surface area (Å²) in [6.07, 6.45) is 0. The van der Waals surface area contributed by atoms with Gasteiger partial charge < -0.3 is 4.74 Å². The monoisotopic (exact) mass is 309 g/mol. The number of hydrogen-bond acceptors (Lipinski definition) is 3. The standard InChI is InChI=1S/C10H10BrF2NO3/c1-16-2-3-17-14-10(15)9-7(12)4-6(11)5-8(9)13/h4-5H,2-3H2,1H3,(H,14,15). The topological polar surface area (TPSA) is 47.6 Å². The van der Waals surface area contributed by atoms with E-state index in [0.29, 0.717) is 0 Å². The smallest absolute Gasteiger partial charge is 0.280 e. The molecule has 0 fully saturated rings. The van der Waals surface area contributed by atoms with Crippen LogP contribution in [-0.4, -0.2) is 26.2 Å². The van der Waals surface area contributed by atoms with Gasteiger partial charge in [0.15, 0.2) is 0 Å². The third-order valence-electron chi connectivity index (χ3n) is 1.79. The minimum atomic E-state index is -0.983. The van der Waals surface area contributed by atoms with Gasteiger partial charge in [0.25, 0.3) is 5.91 Å². The van der Waals surface area contributed by atoms with Gasteiger partial charge in [-0.2, -0.15) is 0 Å². The molecule has 17 heavy (non-hydrogen) atoms. The molecule has 1 aromatic rings. The molecule has 1 amide bonds. The Morgan fingerprint density at radius 2 is 1.94 bits per heavy atom. The quantitative estimate of drug-likeness (QED) is 0.669. The number of ether oxygens (including phenoxy) is 1. The van der Waals surface area contributed by atoms with Crippen LogP contribution in [0.2, 0.25) is 0 Å². The summed E-state index contributed by atoms with van der Waals surface area (Å²) in [5.41, 5.74) is 1.23. The van der Waals surface area contributed by atoms with Crippen LogP contribution < -0.4 is 5.48 Å². The summed E-state index contributed by atoms with van der Waals surface area (Å²) in [4.78, 5) is 16.0. The van der Waals surface area contributed by atoms with Gasteiger partial charge in [-0.05, 0) is 12.1 Å². The van der Waals surface area contributed by atoms with E-state index in [-0.39, 0.29) is 17.7 Å². The normalized spacial score (nSPS) is 10.4. The van der Waals surface area contributed by atoms with E-state index in [1.165, 1.54) is 7.11 Å². The Hall–Kier alpha value is -1.05. The van der Waals surface area contributed by atoms with E-state index >= 15 is 0 Å². The molecule has 4 nitrogen and oxygen atoms in total. The largest absolute Gasteiger partial charge is 0.382 e. The summed E-state index contributed by atoms with van der Waals surface area (Å²) in [6, 6.07) is 1.99. The Morgan fingerprint density at radius 1 is 1.35 bits per heavy atom. The van der Waals surface area contributed by atoms with Crippen molar-refractivity contribution in [1.29, 1.82) is 0 Å². The highest BCUT2D eigenvalue weighted by Gasteiger charge is 2.18. The van der Waals surface area contributed by atoms with Crippen molar-refractivity contribution >= 4 is 21.8 Å². The van der Waals surface area contributed by atoms with E-state index in [9.17, 15) is 13.6 Å². The molecule has 94 valence electrons. The summed E-state index contributed by atoms with van der Waals surface area (Å²) in [5.74, 6) is -2.92. The molecule has 0 saturated heterocycles. The molecule has 0 heterocycles. The van der Waals surface area contributed by atoms with Gasteiger partial charge >= 0.3 is 0 Å². The fourth-order valence-electron chi connectivity index (χ4n) is 1.05. The zero-order valence-electron chi connectivity index (χ0n) is 8.93. The van der Waals surface area contributed by atoms with Gasteiger partial charge in [0, 0.05) is 11.6 Å². The molecule has 1 rings (SSSR count). The maximum absolute atomic E-state index is 13.3. The van der Waals surface area contributed by atoms with E-state index in [0.717, 1.165) is 12.1 Å². The lowest BCUT2D eigenvalue weighted by atomic mass is 10.2. The summed E-state index contributed by atoms with van der Waals surface area (Å²) < 4.78 is 31.5. The molecule has 1 N–H and O–H groups in total. The van der Waals surface area contributed by atoms with Crippen molar-refractivity contribution in [3.8, 4) is 0 Å². The van der Waals surface area contributed by atoms with Gasteiger partial charge in [0.1, 0.15) is 17.2 Å². The van der Waals surface area contributed by atoms with Crippen LogP contribution in [0, 0.1) is 11.6 Å². The molecular formula is C10H10BrF2NO3. The maximum atomic E-state index is 13.3. The lowest BCUT2D eigenvalue weighted by Gasteiger charge is -2.07. The summed E-state index contributed by atoms with van der Waals surface area (Å²) >= 11 is 2.91. The predicted molar refractivity (Wildman–Crippen MR) is 59.4 cm³/mol. The Morgan fingerprint density at radius 3 is 2.47 bits per heavy atom. The number of carbonyl (C=O) groups is 1. The number of hydroxylamine groups is 1. The molecule has 0 atom stereocenters. The lowest BCUT2D eigenvalue weighted by molar-refractivity contribution is 0.00840. The van der Waals surface area contributed by atoms with E-state index < -0.39 is 23.1 Å². The summed E-state index contributed by atoms with van der Waals surface area (Å²) in [5, 5.41) is 0. The number of amides is 1. The van der Waals surface area contributed by atoms with Crippen molar-refractivity contribution in [3.63, 3.8) is 0 Å². The average Bonchev–Trinajstić information content (AvgIpc) is 2.23. The molecule has 1 aromatic carbocycles. The van der Waals surface area contributed by atoms with Gasteiger partial charge in [0.05, 0.1) is 13.2 Å². The first-order valence-electron chi connectivity index (χ1n) is 4.62. The fraction of sp³-hybridized carbons (Fsp3) is 0.300. The number of hydrogen-bond donors (Lipinski definition) is 1. The number of halogens is 3. The van der Waals surface area contributed by atoms with Crippen molar-refractivity contribution in [2.45, 2.75) is 0 Å². The van der Waals surface area contributed by atoms with Crippen molar-refractivity contribution in [1.82, 2.24) is 5.48 Å². The van der Waals surface area contributed by atoms with Gasteiger partial charge in [-0.3, -0.25) is 9.63 Å². The first kappa shape index (κ1) is 14.0. The number of benzene rings is 1. The van der Waals surface area contributed by atoms with Crippen molar-refractivity contribution in [3.05, 3.63) is 33.8 Å². The number of nitrogens with one attached hydrogen (secondary N) is 1. The molecule has 0 aromatic heterocycles. The first-order chi connectivity index (χ1) is 8.06. The van der Waals surface area contributed by atoms with Gasteiger partial charge in [0.2, 0.25) is 0 Å². The second kappa shape index (κ2) is 6.63. The van der Waals surface area contributed by atoms with Crippen LogP contribution in [0.15, 0.2) is 16.6 Å². The van der Waals surface area contributed by atoms with Gasteiger partial charge in [-0.15, -0.1) is 0 Å². The Labute approximate surface area is 105 Å². The van der Waals surface area contributed by atoms with Crippen molar-refractivity contribution in [2.24, 2.45) is 0 Å². The minimum absolute atomic E-state index is 0.0853. The highest BCUT2D eigenvalue weighted by molar-refractivity contribution is 9.10. The molecule has 0 aliphatic heterocycles. The number of methoxy groups -OCH3 is 1. The van der Waals surface area contributed by atoms with Crippen molar-refractivity contribution < 1.29 is 23.1 Å².